The van der Waals surface area contributed by atoms with Gasteiger partial charge in [0.15, 0.2) is 0 Å². The molecule has 92 valence electrons. The number of hydrogen-bond acceptors (Lipinski definition) is 1. The van der Waals surface area contributed by atoms with Gasteiger partial charge in [0.1, 0.15) is 5.82 Å². The van der Waals surface area contributed by atoms with Crippen molar-refractivity contribution in [2.45, 2.75) is 13.8 Å². The van der Waals surface area contributed by atoms with Crippen LogP contribution in [0.1, 0.15) is 21.5 Å². The Hall–Kier alpha value is -2.16. The summed E-state index contributed by atoms with van der Waals surface area (Å²) < 4.78 is 13.1. The second-order valence-corrected chi connectivity index (χ2v) is 4.23. The lowest BCUT2D eigenvalue weighted by molar-refractivity contribution is 0.102. The van der Waals surface area contributed by atoms with Crippen molar-refractivity contribution in [1.29, 1.82) is 0 Å². The molecular weight excluding hydrogens is 229 g/mol. The average molecular weight is 243 g/mol. The number of rotatable bonds is 2. The van der Waals surface area contributed by atoms with Gasteiger partial charge in [0.2, 0.25) is 0 Å². The molecule has 0 aliphatic carbocycles. The Balaban J connectivity index is 2.22. The SMILES string of the molecule is Cc1cc(NC(=O)c2ccccc2C)ccc1F. The molecule has 0 radical (unpaired) electrons. The van der Waals surface area contributed by atoms with Gasteiger partial charge in [-0.3, -0.25) is 4.79 Å². The summed E-state index contributed by atoms with van der Waals surface area (Å²) in [7, 11) is 0. The highest BCUT2D eigenvalue weighted by Crippen LogP contribution is 2.15. The molecule has 0 heterocycles. The first-order valence-electron chi connectivity index (χ1n) is 5.71. The summed E-state index contributed by atoms with van der Waals surface area (Å²) in [6.45, 7) is 3.55. The van der Waals surface area contributed by atoms with Crippen LogP contribution in [0.15, 0.2) is 42.5 Å². The van der Waals surface area contributed by atoms with Crippen molar-refractivity contribution in [3.05, 3.63) is 65.0 Å². The van der Waals surface area contributed by atoms with Gasteiger partial charge in [-0.15, -0.1) is 0 Å². The predicted molar refractivity (Wildman–Crippen MR) is 70.3 cm³/mol. The molecule has 0 aromatic heterocycles. The summed E-state index contributed by atoms with van der Waals surface area (Å²) in [4.78, 5) is 12.0. The molecule has 0 bridgehead atoms. The first-order chi connectivity index (χ1) is 8.58. The van der Waals surface area contributed by atoms with Gasteiger partial charge in [-0.05, 0) is 49.2 Å². The van der Waals surface area contributed by atoms with Gasteiger partial charge >= 0.3 is 0 Å². The number of anilines is 1. The van der Waals surface area contributed by atoms with E-state index in [1.807, 2.05) is 25.1 Å². The number of hydrogen-bond donors (Lipinski definition) is 1. The molecule has 0 saturated heterocycles. The molecule has 0 saturated carbocycles. The molecule has 0 unspecified atom stereocenters. The second kappa shape index (κ2) is 5.00. The van der Waals surface area contributed by atoms with E-state index >= 15 is 0 Å². The largest absolute Gasteiger partial charge is 0.322 e. The standard InChI is InChI=1S/C15H14FNO/c1-10-5-3-4-6-13(10)15(18)17-12-7-8-14(16)11(2)9-12/h3-9H,1-2H3,(H,17,18). The number of carbonyl (C=O) groups excluding carboxylic acids is 1. The van der Waals surface area contributed by atoms with Crippen molar-refractivity contribution in [2.75, 3.05) is 5.32 Å². The molecule has 2 nitrogen and oxygen atoms in total. The van der Waals surface area contributed by atoms with E-state index in [1.54, 1.807) is 25.1 Å². The van der Waals surface area contributed by atoms with Crippen LogP contribution in [-0.2, 0) is 0 Å². The van der Waals surface area contributed by atoms with Crippen molar-refractivity contribution >= 4 is 11.6 Å². The number of halogens is 1. The molecule has 2 aromatic rings. The third kappa shape index (κ3) is 2.56. The minimum absolute atomic E-state index is 0.181. The molecule has 0 spiro atoms. The molecule has 18 heavy (non-hydrogen) atoms. The van der Waals surface area contributed by atoms with Gasteiger partial charge in [-0.2, -0.15) is 0 Å². The number of aryl methyl sites for hydroxylation is 2. The molecule has 2 rings (SSSR count). The van der Waals surface area contributed by atoms with Crippen LogP contribution in [0.3, 0.4) is 0 Å². The van der Waals surface area contributed by atoms with Crippen molar-refractivity contribution in [3.63, 3.8) is 0 Å². The van der Waals surface area contributed by atoms with Crippen LogP contribution in [0.2, 0.25) is 0 Å². The van der Waals surface area contributed by atoms with E-state index in [0.29, 0.717) is 16.8 Å². The fourth-order valence-electron chi connectivity index (χ4n) is 1.75. The number of carbonyl (C=O) groups is 1. The summed E-state index contributed by atoms with van der Waals surface area (Å²) in [5.41, 5.74) is 2.65. The van der Waals surface area contributed by atoms with Crippen LogP contribution in [0.5, 0.6) is 0 Å². The van der Waals surface area contributed by atoms with Crippen LogP contribution in [0.25, 0.3) is 0 Å². The van der Waals surface area contributed by atoms with Gasteiger partial charge in [-0.25, -0.2) is 4.39 Å². The number of amides is 1. The van der Waals surface area contributed by atoms with E-state index in [4.69, 9.17) is 0 Å². The fraction of sp³-hybridized carbons (Fsp3) is 0.133. The molecule has 0 atom stereocenters. The Morgan fingerprint density at radius 1 is 1.06 bits per heavy atom. The molecule has 0 fully saturated rings. The summed E-state index contributed by atoms with van der Waals surface area (Å²) in [6, 6.07) is 11.9. The highest BCUT2D eigenvalue weighted by atomic mass is 19.1. The minimum atomic E-state index is -0.274. The zero-order valence-corrected chi connectivity index (χ0v) is 10.3. The smallest absolute Gasteiger partial charge is 0.255 e. The van der Waals surface area contributed by atoms with Crippen molar-refractivity contribution in [3.8, 4) is 0 Å². The van der Waals surface area contributed by atoms with Crippen LogP contribution >= 0.6 is 0 Å². The van der Waals surface area contributed by atoms with Crippen molar-refractivity contribution in [2.24, 2.45) is 0 Å². The summed E-state index contributed by atoms with van der Waals surface area (Å²) >= 11 is 0. The zero-order valence-electron chi connectivity index (χ0n) is 10.3. The van der Waals surface area contributed by atoms with Crippen LogP contribution < -0.4 is 5.32 Å². The normalized spacial score (nSPS) is 10.2. The van der Waals surface area contributed by atoms with E-state index < -0.39 is 0 Å². The first kappa shape index (κ1) is 12.3. The quantitative estimate of drug-likeness (QED) is 0.856. The highest BCUT2D eigenvalue weighted by molar-refractivity contribution is 6.05. The Bertz CT molecular complexity index is 593. The van der Waals surface area contributed by atoms with Gasteiger partial charge in [-0.1, -0.05) is 18.2 Å². The molecular formula is C15H14FNO. The molecule has 0 aliphatic rings. The predicted octanol–water partition coefficient (Wildman–Crippen LogP) is 3.69. The van der Waals surface area contributed by atoms with Crippen LogP contribution in [-0.4, -0.2) is 5.91 Å². The number of nitrogens with one attached hydrogen (secondary N) is 1. The van der Waals surface area contributed by atoms with E-state index in [1.165, 1.54) is 6.07 Å². The summed E-state index contributed by atoms with van der Waals surface area (Å²) in [5.74, 6) is -0.456. The summed E-state index contributed by atoms with van der Waals surface area (Å²) in [6.07, 6.45) is 0. The lowest BCUT2D eigenvalue weighted by Crippen LogP contribution is -2.13. The molecule has 3 heteroatoms. The summed E-state index contributed by atoms with van der Waals surface area (Å²) in [5, 5.41) is 2.76. The zero-order chi connectivity index (χ0) is 13.1. The highest BCUT2D eigenvalue weighted by Gasteiger charge is 2.09. The minimum Gasteiger partial charge on any atom is -0.322 e. The maximum absolute atomic E-state index is 13.1. The molecule has 0 aliphatic heterocycles. The molecule has 1 N–H and O–H groups in total. The third-order valence-electron chi connectivity index (χ3n) is 2.81. The second-order valence-electron chi connectivity index (χ2n) is 4.23. The lowest BCUT2D eigenvalue weighted by Gasteiger charge is -2.08. The van der Waals surface area contributed by atoms with Crippen LogP contribution in [0, 0.1) is 19.7 Å². The van der Waals surface area contributed by atoms with Crippen molar-refractivity contribution in [1.82, 2.24) is 0 Å². The molecule has 2 aromatic carbocycles. The van der Waals surface area contributed by atoms with Crippen LogP contribution in [0.4, 0.5) is 10.1 Å². The molecule has 1 amide bonds. The lowest BCUT2D eigenvalue weighted by atomic mass is 10.1. The Kier molecular flexibility index (Phi) is 3.42. The third-order valence-corrected chi connectivity index (χ3v) is 2.81. The van der Waals surface area contributed by atoms with E-state index in [-0.39, 0.29) is 11.7 Å². The van der Waals surface area contributed by atoms with E-state index in [9.17, 15) is 9.18 Å². The topological polar surface area (TPSA) is 29.1 Å². The maximum Gasteiger partial charge on any atom is 0.255 e. The Morgan fingerprint density at radius 2 is 1.78 bits per heavy atom. The average Bonchev–Trinajstić information content (AvgIpc) is 2.34. The Morgan fingerprint density at radius 3 is 2.44 bits per heavy atom. The first-order valence-corrected chi connectivity index (χ1v) is 5.71. The van der Waals surface area contributed by atoms with E-state index in [2.05, 4.69) is 5.32 Å². The Labute approximate surface area is 105 Å². The van der Waals surface area contributed by atoms with Gasteiger partial charge < -0.3 is 5.32 Å². The van der Waals surface area contributed by atoms with Crippen molar-refractivity contribution < 1.29 is 9.18 Å². The monoisotopic (exact) mass is 243 g/mol. The van der Waals surface area contributed by atoms with E-state index in [0.717, 1.165) is 5.56 Å². The van der Waals surface area contributed by atoms with Gasteiger partial charge in [0.05, 0.1) is 0 Å². The number of benzene rings is 2. The fourth-order valence-corrected chi connectivity index (χ4v) is 1.75. The maximum atomic E-state index is 13.1. The van der Waals surface area contributed by atoms with Gasteiger partial charge in [0.25, 0.3) is 5.91 Å². The van der Waals surface area contributed by atoms with Gasteiger partial charge in [0, 0.05) is 11.3 Å².